The van der Waals surface area contributed by atoms with Crippen molar-refractivity contribution < 1.29 is 14.7 Å². The van der Waals surface area contributed by atoms with Crippen LogP contribution in [-0.4, -0.2) is 17.0 Å². The van der Waals surface area contributed by atoms with Gasteiger partial charge < -0.3 is 10.4 Å². The first kappa shape index (κ1) is 14.2. The lowest BCUT2D eigenvalue weighted by molar-refractivity contribution is -0.146. The molecule has 1 aromatic carbocycles. The molecule has 2 N–H and O–H groups in total. The lowest BCUT2D eigenvalue weighted by Gasteiger charge is -2.09. The van der Waals surface area contributed by atoms with Crippen LogP contribution in [0.4, 0.5) is 0 Å². The second-order valence-corrected chi connectivity index (χ2v) is 5.28. The van der Waals surface area contributed by atoms with Gasteiger partial charge in [-0.25, -0.2) is 0 Å². The van der Waals surface area contributed by atoms with E-state index in [0.29, 0.717) is 0 Å². The van der Waals surface area contributed by atoms with Gasteiger partial charge in [-0.2, -0.15) is 0 Å². The molecule has 1 unspecified atom stereocenters. The third kappa shape index (κ3) is 4.12. The Kier molecular flexibility index (Phi) is 5.14. The second kappa shape index (κ2) is 6.16. The molecule has 0 heterocycles. The summed E-state index contributed by atoms with van der Waals surface area (Å²) in [6.45, 7) is 1.64. The molecule has 1 atom stereocenters. The zero-order valence-corrected chi connectivity index (χ0v) is 12.2. The van der Waals surface area contributed by atoms with Gasteiger partial charge in [-0.3, -0.25) is 9.59 Å². The van der Waals surface area contributed by atoms with Gasteiger partial charge in [0, 0.05) is 15.5 Å². The average Bonchev–Trinajstić information content (AvgIpc) is 2.28. The molecule has 0 aliphatic heterocycles. The van der Waals surface area contributed by atoms with E-state index in [1.165, 1.54) is 6.92 Å². The van der Waals surface area contributed by atoms with E-state index in [2.05, 4.69) is 37.2 Å². The highest BCUT2D eigenvalue weighted by molar-refractivity contribution is 9.11. The number of hydrogen-bond acceptors (Lipinski definition) is 2. The fourth-order valence-corrected chi connectivity index (χ4v) is 1.92. The van der Waals surface area contributed by atoms with Crippen molar-refractivity contribution in [2.24, 2.45) is 5.92 Å². The van der Waals surface area contributed by atoms with Crippen LogP contribution >= 0.6 is 31.9 Å². The largest absolute Gasteiger partial charge is 0.481 e. The van der Waals surface area contributed by atoms with Crippen LogP contribution < -0.4 is 5.32 Å². The van der Waals surface area contributed by atoms with Gasteiger partial charge in [0.25, 0.3) is 0 Å². The van der Waals surface area contributed by atoms with E-state index < -0.39 is 17.8 Å². The van der Waals surface area contributed by atoms with Crippen LogP contribution in [0.25, 0.3) is 0 Å². The molecule has 1 amide bonds. The van der Waals surface area contributed by atoms with Gasteiger partial charge in [0.1, 0.15) is 5.92 Å². The zero-order valence-electron chi connectivity index (χ0n) is 9.04. The van der Waals surface area contributed by atoms with Gasteiger partial charge in [-0.15, -0.1) is 0 Å². The van der Waals surface area contributed by atoms with Gasteiger partial charge in [0.15, 0.2) is 0 Å². The molecule has 0 aromatic heterocycles. The number of nitrogens with one attached hydrogen (secondary N) is 1. The van der Waals surface area contributed by atoms with E-state index in [1.807, 2.05) is 18.2 Å². The summed E-state index contributed by atoms with van der Waals surface area (Å²) in [4.78, 5) is 22.0. The average molecular weight is 365 g/mol. The van der Waals surface area contributed by atoms with Gasteiger partial charge in [0.05, 0.1) is 0 Å². The summed E-state index contributed by atoms with van der Waals surface area (Å²) in [6.07, 6.45) is 0. The van der Waals surface area contributed by atoms with E-state index in [9.17, 15) is 9.59 Å². The van der Waals surface area contributed by atoms with Crippen LogP contribution in [0.3, 0.4) is 0 Å². The summed E-state index contributed by atoms with van der Waals surface area (Å²) in [5.41, 5.74) is 0.880. The summed E-state index contributed by atoms with van der Waals surface area (Å²) < 4.78 is 1.76. The number of hydrogen-bond donors (Lipinski definition) is 2. The summed E-state index contributed by atoms with van der Waals surface area (Å²) in [5.74, 6) is -2.67. The Balaban J connectivity index is 2.64. The van der Waals surface area contributed by atoms with E-state index >= 15 is 0 Å². The molecule has 92 valence electrons. The van der Waals surface area contributed by atoms with Crippen LogP contribution in [0.2, 0.25) is 0 Å². The van der Waals surface area contributed by atoms with Crippen molar-refractivity contribution in [3.05, 3.63) is 32.7 Å². The molecule has 4 nitrogen and oxygen atoms in total. The SMILES string of the molecule is CC(C(=O)O)C(=O)NCc1cc(Br)ccc1Br. The number of carboxylic acid groups (broad SMARTS) is 1. The molecule has 0 radical (unpaired) electrons. The highest BCUT2D eigenvalue weighted by Gasteiger charge is 2.19. The molecule has 0 bridgehead atoms. The summed E-state index contributed by atoms with van der Waals surface area (Å²) >= 11 is 6.69. The molecule has 0 spiro atoms. The summed E-state index contributed by atoms with van der Waals surface area (Å²) in [5, 5.41) is 11.2. The Hall–Kier alpha value is -0.880. The predicted molar refractivity (Wildman–Crippen MR) is 70.5 cm³/mol. The standard InChI is InChI=1S/C11H11Br2NO3/c1-6(11(16)17)10(15)14-5-7-4-8(12)2-3-9(7)13/h2-4,6H,5H2,1H3,(H,14,15)(H,16,17). The lowest BCUT2D eigenvalue weighted by atomic mass is 10.1. The van der Waals surface area contributed by atoms with E-state index in [4.69, 9.17) is 5.11 Å². The van der Waals surface area contributed by atoms with E-state index in [1.54, 1.807) is 0 Å². The minimum atomic E-state index is -1.13. The Bertz CT molecular complexity index is 448. The Morgan fingerprint density at radius 3 is 2.65 bits per heavy atom. The highest BCUT2D eigenvalue weighted by atomic mass is 79.9. The fraction of sp³-hybridized carbons (Fsp3) is 0.273. The molecule has 6 heteroatoms. The number of benzene rings is 1. The maximum Gasteiger partial charge on any atom is 0.315 e. The Labute approximate surface area is 116 Å². The molecule has 17 heavy (non-hydrogen) atoms. The molecular weight excluding hydrogens is 354 g/mol. The quantitative estimate of drug-likeness (QED) is 0.807. The smallest absolute Gasteiger partial charge is 0.315 e. The van der Waals surface area contributed by atoms with Crippen molar-refractivity contribution in [2.45, 2.75) is 13.5 Å². The fourth-order valence-electron chi connectivity index (χ4n) is 1.13. The molecule has 0 aliphatic carbocycles. The van der Waals surface area contributed by atoms with E-state index in [0.717, 1.165) is 14.5 Å². The van der Waals surface area contributed by atoms with Crippen LogP contribution in [-0.2, 0) is 16.1 Å². The second-order valence-electron chi connectivity index (χ2n) is 3.51. The van der Waals surface area contributed by atoms with Crippen molar-refractivity contribution >= 4 is 43.7 Å². The third-order valence-electron chi connectivity index (χ3n) is 2.22. The maximum absolute atomic E-state index is 11.4. The third-order valence-corrected chi connectivity index (χ3v) is 3.49. The van der Waals surface area contributed by atoms with Crippen molar-refractivity contribution in [3.8, 4) is 0 Å². The van der Waals surface area contributed by atoms with Crippen molar-refractivity contribution in [2.75, 3.05) is 0 Å². The first-order chi connectivity index (χ1) is 7.91. The van der Waals surface area contributed by atoms with Gasteiger partial charge >= 0.3 is 5.97 Å². The number of carbonyl (C=O) groups excluding carboxylic acids is 1. The Morgan fingerprint density at radius 1 is 1.41 bits per heavy atom. The predicted octanol–water partition coefficient (Wildman–Crippen LogP) is 2.55. The van der Waals surface area contributed by atoms with Crippen LogP contribution in [0.1, 0.15) is 12.5 Å². The van der Waals surface area contributed by atoms with Crippen molar-refractivity contribution in [1.82, 2.24) is 5.32 Å². The number of aliphatic carboxylic acids is 1. The van der Waals surface area contributed by atoms with Gasteiger partial charge in [-0.1, -0.05) is 31.9 Å². The number of amides is 1. The number of carboxylic acids is 1. The monoisotopic (exact) mass is 363 g/mol. The minimum Gasteiger partial charge on any atom is -0.481 e. The van der Waals surface area contributed by atoms with Crippen LogP contribution in [0.5, 0.6) is 0 Å². The maximum atomic E-state index is 11.4. The molecule has 1 rings (SSSR count). The molecular formula is C11H11Br2NO3. The number of halogens is 2. The molecule has 0 saturated heterocycles. The number of carbonyl (C=O) groups is 2. The highest BCUT2D eigenvalue weighted by Crippen LogP contribution is 2.21. The molecule has 0 aliphatic rings. The zero-order chi connectivity index (χ0) is 13.0. The summed E-state index contributed by atoms with van der Waals surface area (Å²) in [6, 6.07) is 5.58. The first-order valence-electron chi connectivity index (χ1n) is 4.86. The van der Waals surface area contributed by atoms with Gasteiger partial charge in [0.2, 0.25) is 5.91 Å². The van der Waals surface area contributed by atoms with Gasteiger partial charge in [-0.05, 0) is 30.7 Å². The van der Waals surface area contributed by atoms with Crippen LogP contribution in [0.15, 0.2) is 27.1 Å². The topological polar surface area (TPSA) is 66.4 Å². The van der Waals surface area contributed by atoms with Crippen molar-refractivity contribution in [1.29, 1.82) is 0 Å². The molecule has 0 saturated carbocycles. The van der Waals surface area contributed by atoms with Crippen LogP contribution in [0, 0.1) is 5.92 Å². The first-order valence-corrected chi connectivity index (χ1v) is 6.45. The number of rotatable bonds is 4. The van der Waals surface area contributed by atoms with Crippen molar-refractivity contribution in [3.63, 3.8) is 0 Å². The molecule has 0 fully saturated rings. The normalized spacial score (nSPS) is 11.9. The lowest BCUT2D eigenvalue weighted by Crippen LogP contribution is -2.33. The van der Waals surface area contributed by atoms with E-state index in [-0.39, 0.29) is 6.54 Å². The minimum absolute atomic E-state index is 0.288. The molecule has 1 aromatic rings. The summed E-state index contributed by atoms with van der Waals surface area (Å²) in [7, 11) is 0. The Morgan fingerprint density at radius 2 is 2.06 bits per heavy atom.